The van der Waals surface area contributed by atoms with Crippen LogP contribution < -0.4 is 0 Å². The minimum absolute atomic E-state index is 0.239. The van der Waals surface area contributed by atoms with E-state index in [2.05, 4.69) is 22.5 Å². The third kappa shape index (κ3) is 8.79. The highest BCUT2D eigenvalue weighted by Gasteiger charge is 2.25. The Balaban J connectivity index is 4.59. The molecule has 22 heavy (non-hydrogen) atoms. The van der Waals surface area contributed by atoms with E-state index in [1.807, 2.05) is 13.0 Å². The lowest BCUT2D eigenvalue weighted by Gasteiger charge is -2.20. The van der Waals surface area contributed by atoms with E-state index in [-0.39, 0.29) is 12.0 Å². The van der Waals surface area contributed by atoms with Gasteiger partial charge in [-0.2, -0.15) is 0 Å². The normalized spacial score (nSPS) is 18.4. The fourth-order valence-electron chi connectivity index (χ4n) is 1.48. The quantitative estimate of drug-likeness (QED) is 0.326. The zero-order valence-corrected chi connectivity index (χ0v) is 15.7. The molecule has 0 spiro atoms. The van der Waals surface area contributed by atoms with E-state index in [1.54, 1.807) is 30.1 Å². The minimum atomic E-state index is -1.00. The summed E-state index contributed by atoms with van der Waals surface area (Å²) in [6, 6.07) is 0. The number of hydrogen-bond donors (Lipinski definition) is 2. The van der Waals surface area contributed by atoms with Crippen LogP contribution in [0, 0.1) is 0 Å². The predicted octanol–water partition coefficient (Wildman–Crippen LogP) is 4.78. The summed E-state index contributed by atoms with van der Waals surface area (Å²) in [4.78, 5) is 11.5. The Kier molecular flexibility index (Phi) is 10.0. The maximum absolute atomic E-state index is 10.5. The second kappa shape index (κ2) is 10.3. The van der Waals surface area contributed by atoms with Gasteiger partial charge in [0.2, 0.25) is 0 Å². The summed E-state index contributed by atoms with van der Waals surface area (Å²) in [6.07, 6.45) is 6.31. The van der Waals surface area contributed by atoms with Crippen LogP contribution in [-0.4, -0.2) is 32.5 Å². The zero-order chi connectivity index (χ0) is 17.3. The standard InChI is InChI=1S/C16H21BrCl2O3/c1-11(4-6-13(20)12(2)10-15(21)22)5-7-14(18)16(3,19)8-9-17/h4-5,7-9,13-14,20H,2,6,10H2,1,3H3,(H,21,22)/b7-5+,9-8+,11-4+/t13-,14-,16-/m1/s1. The molecule has 0 saturated carbocycles. The van der Waals surface area contributed by atoms with Gasteiger partial charge in [0, 0.05) is 0 Å². The minimum Gasteiger partial charge on any atom is -0.481 e. The van der Waals surface area contributed by atoms with Crippen LogP contribution in [0.3, 0.4) is 0 Å². The monoisotopic (exact) mass is 410 g/mol. The molecule has 0 amide bonds. The van der Waals surface area contributed by atoms with E-state index in [9.17, 15) is 9.90 Å². The molecular weight excluding hydrogens is 391 g/mol. The van der Waals surface area contributed by atoms with E-state index in [1.165, 1.54) is 0 Å². The largest absolute Gasteiger partial charge is 0.481 e. The Labute approximate surface area is 150 Å². The molecule has 3 nitrogen and oxygen atoms in total. The van der Waals surface area contributed by atoms with E-state index < -0.39 is 22.3 Å². The number of halogens is 3. The molecule has 0 radical (unpaired) electrons. The van der Waals surface area contributed by atoms with Gasteiger partial charge in [0.1, 0.15) is 0 Å². The summed E-state index contributed by atoms with van der Waals surface area (Å²) in [6.45, 7) is 7.23. The first kappa shape index (κ1) is 21.4. The Hall–Kier alpha value is -0.550. The third-order valence-electron chi connectivity index (χ3n) is 2.97. The maximum atomic E-state index is 10.5. The number of rotatable bonds is 9. The third-order valence-corrected chi connectivity index (χ3v) is 4.30. The number of aliphatic hydroxyl groups is 1. The van der Waals surface area contributed by atoms with Gasteiger partial charge >= 0.3 is 5.97 Å². The van der Waals surface area contributed by atoms with Gasteiger partial charge in [-0.1, -0.05) is 52.4 Å². The highest BCUT2D eigenvalue weighted by atomic mass is 79.9. The van der Waals surface area contributed by atoms with E-state index in [0.29, 0.717) is 6.42 Å². The van der Waals surface area contributed by atoms with Crippen molar-refractivity contribution in [2.24, 2.45) is 0 Å². The summed E-state index contributed by atoms with van der Waals surface area (Å²) in [5.74, 6) is -1.00. The predicted molar refractivity (Wildman–Crippen MR) is 96.9 cm³/mol. The van der Waals surface area contributed by atoms with Crippen molar-refractivity contribution in [2.75, 3.05) is 0 Å². The second-order valence-corrected chi connectivity index (χ2v) is 6.95. The molecular formula is C16H21BrCl2O3. The Morgan fingerprint density at radius 1 is 1.50 bits per heavy atom. The Bertz CT molecular complexity index is 482. The molecule has 0 aromatic rings. The fourth-order valence-corrected chi connectivity index (χ4v) is 2.47. The van der Waals surface area contributed by atoms with Crippen molar-refractivity contribution in [3.63, 3.8) is 0 Å². The van der Waals surface area contributed by atoms with Crippen molar-refractivity contribution in [1.82, 2.24) is 0 Å². The number of carbonyl (C=O) groups is 1. The van der Waals surface area contributed by atoms with Crippen LogP contribution in [0.4, 0.5) is 0 Å². The summed E-state index contributed by atoms with van der Waals surface area (Å²) >= 11 is 15.6. The Morgan fingerprint density at radius 2 is 2.09 bits per heavy atom. The van der Waals surface area contributed by atoms with Crippen molar-refractivity contribution in [3.05, 3.63) is 47.0 Å². The molecule has 0 aliphatic rings. The van der Waals surface area contributed by atoms with Crippen LogP contribution in [0.1, 0.15) is 26.7 Å². The number of aliphatic hydroxyl groups excluding tert-OH is 1. The highest BCUT2D eigenvalue weighted by Crippen LogP contribution is 2.27. The smallest absolute Gasteiger partial charge is 0.307 e. The van der Waals surface area contributed by atoms with Gasteiger partial charge < -0.3 is 10.2 Å². The first-order valence-electron chi connectivity index (χ1n) is 6.63. The molecule has 0 bridgehead atoms. The van der Waals surface area contributed by atoms with Gasteiger partial charge in [-0.05, 0) is 30.8 Å². The van der Waals surface area contributed by atoms with Gasteiger partial charge in [0.05, 0.1) is 22.8 Å². The number of aliphatic carboxylic acids is 1. The topological polar surface area (TPSA) is 57.5 Å². The summed E-state index contributed by atoms with van der Waals surface area (Å²) in [5.41, 5.74) is 1.18. The average Bonchev–Trinajstić information content (AvgIpc) is 2.40. The summed E-state index contributed by atoms with van der Waals surface area (Å²) in [5, 5.41) is 18.0. The number of allylic oxidation sites excluding steroid dienone is 4. The van der Waals surface area contributed by atoms with E-state index >= 15 is 0 Å². The van der Waals surface area contributed by atoms with E-state index in [0.717, 1.165) is 5.57 Å². The van der Waals surface area contributed by atoms with Gasteiger partial charge in [0.15, 0.2) is 0 Å². The molecule has 0 fully saturated rings. The Morgan fingerprint density at radius 3 is 2.59 bits per heavy atom. The van der Waals surface area contributed by atoms with Crippen LogP contribution in [0.25, 0.3) is 0 Å². The molecule has 124 valence electrons. The molecule has 0 heterocycles. The molecule has 0 saturated heterocycles. The number of carboxylic acids is 1. The molecule has 3 atom stereocenters. The number of alkyl halides is 2. The SMILES string of the molecule is C=C(CC(=O)O)[C@H](O)C/C=C(C)/C=C/[C@@H](Cl)[C@](C)(Cl)/C=C/Br. The number of hydrogen-bond acceptors (Lipinski definition) is 2. The average molecular weight is 412 g/mol. The van der Waals surface area contributed by atoms with Crippen LogP contribution in [0.5, 0.6) is 0 Å². The van der Waals surface area contributed by atoms with Crippen molar-refractivity contribution in [2.45, 2.75) is 43.0 Å². The van der Waals surface area contributed by atoms with Crippen LogP contribution >= 0.6 is 39.1 Å². The van der Waals surface area contributed by atoms with Crippen LogP contribution in [0.15, 0.2) is 47.0 Å². The van der Waals surface area contributed by atoms with Crippen molar-refractivity contribution < 1.29 is 15.0 Å². The zero-order valence-electron chi connectivity index (χ0n) is 12.6. The van der Waals surface area contributed by atoms with Gasteiger partial charge in [0.25, 0.3) is 0 Å². The van der Waals surface area contributed by atoms with Gasteiger partial charge in [-0.15, -0.1) is 23.2 Å². The first-order valence-corrected chi connectivity index (χ1v) is 8.36. The molecule has 0 aromatic carbocycles. The molecule has 6 heteroatoms. The molecule has 0 rings (SSSR count). The summed E-state index contributed by atoms with van der Waals surface area (Å²) in [7, 11) is 0. The van der Waals surface area contributed by atoms with Crippen LogP contribution in [0.2, 0.25) is 0 Å². The van der Waals surface area contributed by atoms with Crippen molar-refractivity contribution >= 4 is 45.1 Å². The highest BCUT2D eigenvalue weighted by molar-refractivity contribution is 9.11. The fraction of sp³-hybridized carbons (Fsp3) is 0.438. The number of carboxylic acid groups (broad SMARTS) is 1. The van der Waals surface area contributed by atoms with Crippen molar-refractivity contribution in [3.8, 4) is 0 Å². The molecule has 0 aromatic heterocycles. The second-order valence-electron chi connectivity index (χ2n) is 5.13. The van der Waals surface area contributed by atoms with Crippen LogP contribution in [-0.2, 0) is 4.79 Å². The molecule has 0 unspecified atom stereocenters. The molecule has 2 N–H and O–H groups in total. The van der Waals surface area contributed by atoms with E-state index in [4.69, 9.17) is 28.3 Å². The molecule has 0 aliphatic carbocycles. The maximum Gasteiger partial charge on any atom is 0.307 e. The lowest BCUT2D eigenvalue weighted by atomic mass is 10.0. The lowest BCUT2D eigenvalue weighted by Crippen LogP contribution is -2.24. The first-order chi connectivity index (χ1) is 10.1. The summed E-state index contributed by atoms with van der Waals surface area (Å²) < 4.78 is 0. The van der Waals surface area contributed by atoms with Gasteiger partial charge in [-0.25, -0.2) is 0 Å². The van der Waals surface area contributed by atoms with Gasteiger partial charge in [-0.3, -0.25) is 4.79 Å². The molecule has 0 aliphatic heterocycles. The lowest BCUT2D eigenvalue weighted by molar-refractivity contribution is -0.136. The van der Waals surface area contributed by atoms with Crippen molar-refractivity contribution in [1.29, 1.82) is 0 Å².